The zero-order valence-electron chi connectivity index (χ0n) is 15.2. The van der Waals surface area contributed by atoms with Crippen LogP contribution in [-0.4, -0.2) is 10.9 Å². The first-order valence-corrected chi connectivity index (χ1v) is 8.73. The molecule has 0 spiro atoms. The van der Waals surface area contributed by atoms with Crippen LogP contribution in [0, 0.1) is 25.3 Å². The van der Waals surface area contributed by atoms with E-state index in [2.05, 4.69) is 16.2 Å². The van der Waals surface area contributed by atoms with E-state index in [0.717, 1.165) is 16.7 Å². The number of halogens is 2. The van der Waals surface area contributed by atoms with Gasteiger partial charge < -0.3 is 9.73 Å². The van der Waals surface area contributed by atoms with Crippen LogP contribution in [0.3, 0.4) is 0 Å². The van der Waals surface area contributed by atoms with E-state index in [4.69, 9.17) is 22.4 Å². The molecule has 0 fully saturated rings. The number of pyridine rings is 1. The molecule has 2 aromatic heterocycles. The van der Waals surface area contributed by atoms with Gasteiger partial charge in [0.15, 0.2) is 0 Å². The van der Waals surface area contributed by atoms with Gasteiger partial charge in [0.2, 0.25) is 0 Å². The van der Waals surface area contributed by atoms with Gasteiger partial charge >= 0.3 is 0 Å². The molecule has 0 saturated carbocycles. The quantitative estimate of drug-likeness (QED) is 0.357. The fourth-order valence-electron chi connectivity index (χ4n) is 2.76. The number of aromatic nitrogens is 1. The molecule has 3 aromatic rings. The van der Waals surface area contributed by atoms with E-state index < -0.39 is 11.9 Å². The predicted molar refractivity (Wildman–Crippen MR) is 109 cm³/mol. The number of carbonyl (C=O) groups is 1. The molecule has 4 nitrogen and oxygen atoms in total. The number of anilines is 1. The van der Waals surface area contributed by atoms with E-state index in [9.17, 15) is 9.18 Å². The minimum Gasteiger partial charge on any atom is -0.431 e. The zero-order valence-corrected chi connectivity index (χ0v) is 16.0. The van der Waals surface area contributed by atoms with Crippen molar-refractivity contribution >= 4 is 34.3 Å². The first kappa shape index (κ1) is 19.4. The van der Waals surface area contributed by atoms with Crippen molar-refractivity contribution in [2.75, 3.05) is 5.32 Å². The van der Waals surface area contributed by atoms with Crippen molar-refractivity contribution in [1.82, 2.24) is 4.98 Å². The van der Waals surface area contributed by atoms with E-state index in [1.165, 1.54) is 18.2 Å². The maximum Gasteiger partial charge on any atom is 0.278 e. The number of hydrogen-bond acceptors (Lipinski definition) is 3. The Morgan fingerprint density at radius 2 is 2.14 bits per heavy atom. The third-order valence-corrected chi connectivity index (χ3v) is 4.31. The van der Waals surface area contributed by atoms with Crippen molar-refractivity contribution in [3.05, 3.63) is 70.9 Å². The molecule has 1 N–H and O–H groups in total. The second-order valence-electron chi connectivity index (χ2n) is 6.09. The number of carbonyl (C=O) groups excluding carboxylic acids is 1. The predicted octanol–water partition coefficient (Wildman–Crippen LogP) is 5.58. The lowest BCUT2D eigenvalue weighted by Gasteiger charge is -2.09. The molecule has 0 saturated heterocycles. The number of nitrogens with one attached hydrogen (secondary N) is 1. The summed E-state index contributed by atoms with van der Waals surface area (Å²) in [6, 6.07) is 7.84. The molecule has 0 aliphatic rings. The van der Waals surface area contributed by atoms with Gasteiger partial charge in [-0.15, -0.1) is 6.42 Å². The van der Waals surface area contributed by atoms with E-state index in [0.29, 0.717) is 21.8 Å². The Kier molecular flexibility index (Phi) is 5.62. The summed E-state index contributed by atoms with van der Waals surface area (Å²) in [4.78, 5) is 16.6. The summed E-state index contributed by atoms with van der Waals surface area (Å²) in [5.74, 6) is 2.27. The van der Waals surface area contributed by atoms with Crippen LogP contribution in [0.1, 0.15) is 12.5 Å². The highest BCUT2D eigenvalue weighted by Gasteiger charge is 2.12. The highest BCUT2D eigenvalue weighted by molar-refractivity contribution is 6.32. The van der Waals surface area contributed by atoms with Crippen molar-refractivity contribution in [1.29, 1.82) is 0 Å². The molecule has 0 atom stereocenters. The summed E-state index contributed by atoms with van der Waals surface area (Å²) in [6.07, 6.45) is 9.67. The second kappa shape index (κ2) is 8.12. The molecular formula is C22H16ClFN2O2. The highest BCUT2D eigenvalue weighted by atomic mass is 35.5. The first-order valence-electron chi connectivity index (χ1n) is 8.35. The van der Waals surface area contributed by atoms with Gasteiger partial charge in [-0.25, -0.2) is 4.98 Å². The van der Waals surface area contributed by atoms with E-state index in [1.54, 1.807) is 25.3 Å². The normalized spacial score (nSPS) is 12.1. The van der Waals surface area contributed by atoms with Crippen LogP contribution in [0.25, 0.3) is 22.1 Å². The molecule has 140 valence electrons. The minimum atomic E-state index is -0.625. The Hall–Kier alpha value is -3.36. The van der Waals surface area contributed by atoms with Gasteiger partial charge in [-0.3, -0.25) is 4.79 Å². The number of fused-ring (bicyclic) bond motifs is 1. The van der Waals surface area contributed by atoms with Gasteiger partial charge in [0, 0.05) is 28.2 Å². The average Bonchev–Trinajstić information content (AvgIpc) is 3.00. The zero-order chi connectivity index (χ0) is 20.3. The standard InChI is InChI=1S/C22H16ClFN2O2/c1-4-5-6-17(14(3)23)22(27)26-21-8-7-15(12-25-21)18-10-16-11-20(24)28-19(16)9-13(18)2/h1,5-12H,2-3H3,(H,25,26,27)/b6-5-,17-14-. The van der Waals surface area contributed by atoms with Crippen molar-refractivity contribution in [3.8, 4) is 23.5 Å². The molecule has 1 amide bonds. The lowest BCUT2D eigenvalue weighted by molar-refractivity contribution is -0.112. The number of allylic oxidation sites excluding steroid dienone is 2. The summed E-state index contributed by atoms with van der Waals surface area (Å²) in [6.45, 7) is 3.51. The SMILES string of the molecule is C#C/C=C\C(C(=O)Nc1ccc(-c2cc3cc(F)oc3cc2C)cn1)=C(/C)Cl. The van der Waals surface area contributed by atoms with Gasteiger partial charge in [-0.1, -0.05) is 17.5 Å². The van der Waals surface area contributed by atoms with E-state index in [1.807, 2.05) is 19.1 Å². The number of aryl methyl sites for hydroxylation is 1. The Morgan fingerprint density at radius 3 is 2.79 bits per heavy atom. The van der Waals surface area contributed by atoms with Crippen molar-refractivity contribution in [3.63, 3.8) is 0 Å². The van der Waals surface area contributed by atoms with Crippen molar-refractivity contribution < 1.29 is 13.6 Å². The monoisotopic (exact) mass is 394 g/mol. The third-order valence-electron chi connectivity index (χ3n) is 4.11. The average molecular weight is 395 g/mol. The molecule has 0 unspecified atom stereocenters. The molecule has 0 bridgehead atoms. The van der Waals surface area contributed by atoms with Crippen LogP contribution < -0.4 is 5.32 Å². The number of nitrogens with zero attached hydrogens (tertiary/aromatic N) is 1. The highest BCUT2D eigenvalue weighted by Crippen LogP contribution is 2.30. The summed E-state index contributed by atoms with van der Waals surface area (Å²) in [7, 11) is 0. The Bertz CT molecular complexity index is 1150. The molecule has 0 radical (unpaired) electrons. The molecule has 2 heterocycles. The maximum atomic E-state index is 13.3. The Labute approximate surface area is 166 Å². The molecule has 28 heavy (non-hydrogen) atoms. The Balaban J connectivity index is 1.85. The Morgan fingerprint density at radius 1 is 1.36 bits per heavy atom. The number of rotatable bonds is 4. The molecular weight excluding hydrogens is 379 g/mol. The molecule has 6 heteroatoms. The van der Waals surface area contributed by atoms with Crippen LogP contribution in [0.5, 0.6) is 0 Å². The van der Waals surface area contributed by atoms with Crippen LogP contribution >= 0.6 is 11.6 Å². The van der Waals surface area contributed by atoms with Gasteiger partial charge in [-0.05, 0) is 61.4 Å². The second-order valence-corrected chi connectivity index (χ2v) is 6.66. The van der Waals surface area contributed by atoms with Crippen LogP contribution in [0.4, 0.5) is 10.2 Å². The van der Waals surface area contributed by atoms with Gasteiger partial charge in [-0.2, -0.15) is 4.39 Å². The summed E-state index contributed by atoms with van der Waals surface area (Å²) < 4.78 is 18.3. The minimum absolute atomic E-state index is 0.258. The van der Waals surface area contributed by atoms with Crippen LogP contribution in [-0.2, 0) is 4.79 Å². The third kappa shape index (κ3) is 4.13. The van der Waals surface area contributed by atoms with Gasteiger partial charge in [0.1, 0.15) is 11.4 Å². The van der Waals surface area contributed by atoms with Crippen LogP contribution in [0.15, 0.2) is 63.7 Å². The fraction of sp³-hybridized carbons (Fsp3) is 0.0909. The summed E-state index contributed by atoms with van der Waals surface area (Å²) >= 11 is 5.96. The number of terminal acetylenes is 1. The first-order chi connectivity index (χ1) is 13.4. The lowest BCUT2D eigenvalue weighted by atomic mass is 10.0. The smallest absolute Gasteiger partial charge is 0.278 e. The van der Waals surface area contributed by atoms with Crippen LogP contribution in [0.2, 0.25) is 0 Å². The van der Waals surface area contributed by atoms with Gasteiger partial charge in [0.25, 0.3) is 11.9 Å². The van der Waals surface area contributed by atoms with Crippen molar-refractivity contribution in [2.45, 2.75) is 13.8 Å². The molecule has 1 aromatic carbocycles. The lowest BCUT2D eigenvalue weighted by Crippen LogP contribution is -2.14. The summed E-state index contributed by atoms with van der Waals surface area (Å²) in [5, 5.41) is 3.67. The summed E-state index contributed by atoms with van der Waals surface area (Å²) in [5.41, 5.74) is 3.39. The van der Waals surface area contributed by atoms with E-state index in [-0.39, 0.29) is 5.57 Å². The number of hydrogen-bond donors (Lipinski definition) is 1. The number of benzene rings is 1. The van der Waals surface area contributed by atoms with E-state index >= 15 is 0 Å². The maximum absolute atomic E-state index is 13.3. The molecule has 3 rings (SSSR count). The number of furan rings is 1. The fourth-order valence-corrected chi connectivity index (χ4v) is 2.91. The van der Waals surface area contributed by atoms with Crippen molar-refractivity contribution in [2.24, 2.45) is 0 Å². The van der Waals surface area contributed by atoms with Gasteiger partial charge in [0.05, 0.1) is 5.57 Å². The number of amides is 1. The topological polar surface area (TPSA) is 55.1 Å². The largest absolute Gasteiger partial charge is 0.431 e. The molecule has 0 aliphatic heterocycles. The molecule has 0 aliphatic carbocycles.